The number of aromatic nitrogens is 1. The van der Waals surface area contributed by atoms with Crippen molar-refractivity contribution in [1.29, 1.82) is 0 Å². The number of pyridine rings is 1. The molecule has 0 saturated heterocycles. The number of para-hydroxylation sites is 1. The van der Waals surface area contributed by atoms with Gasteiger partial charge in [-0.3, -0.25) is 14.5 Å². The van der Waals surface area contributed by atoms with Gasteiger partial charge < -0.3 is 9.47 Å². The second-order valence-electron chi connectivity index (χ2n) is 7.11. The third-order valence-electron chi connectivity index (χ3n) is 4.68. The Bertz CT molecular complexity index is 1370. The number of carbonyl (C=O) groups excluding carboxylic acids is 1. The zero-order chi connectivity index (χ0) is 24.7. The zero-order valence-corrected chi connectivity index (χ0v) is 19.7. The van der Waals surface area contributed by atoms with Gasteiger partial charge in [0.05, 0.1) is 13.7 Å². The number of nitrogens with one attached hydrogen (secondary N) is 2. The Morgan fingerprint density at radius 2 is 1.74 bits per heavy atom. The summed E-state index contributed by atoms with van der Waals surface area (Å²) in [6, 6.07) is 14.5. The third kappa shape index (κ3) is 5.49. The zero-order valence-electron chi connectivity index (χ0n) is 18.9. The van der Waals surface area contributed by atoms with Gasteiger partial charge in [0.2, 0.25) is 5.88 Å². The lowest BCUT2D eigenvalue weighted by Crippen LogP contribution is -2.22. The van der Waals surface area contributed by atoms with Crippen LogP contribution in [0.4, 0.5) is 17.1 Å². The lowest BCUT2D eigenvalue weighted by molar-refractivity contribution is 0.0502. The standard InChI is InChI=1S/C23H24N4O6S/c1-4-14-33-23(29)19-15(2)20(22(32-3)24-21(19)28)26-25-17-12-8-9-13-18(17)34(30,31)27-16-10-6-5-7-11-16/h5-13,27H,4,14H2,1-3H3,(H,24,28). The van der Waals surface area contributed by atoms with E-state index in [-0.39, 0.29) is 39.9 Å². The van der Waals surface area contributed by atoms with Gasteiger partial charge in [0.1, 0.15) is 21.8 Å². The summed E-state index contributed by atoms with van der Waals surface area (Å²) < 4.78 is 38.7. The van der Waals surface area contributed by atoms with Crippen molar-refractivity contribution in [3.63, 3.8) is 0 Å². The fraction of sp³-hybridized carbons (Fsp3) is 0.217. The van der Waals surface area contributed by atoms with E-state index in [4.69, 9.17) is 9.47 Å². The number of ether oxygens (including phenoxy) is 2. The summed E-state index contributed by atoms with van der Waals surface area (Å²) >= 11 is 0. The van der Waals surface area contributed by atoms with Crippen LogP contribution in [-0.2, 0) is 14.8 Å². The van der Waals surface area contributed by atoms with Crippen LogP contribution >= 0.6 is 0 Å². The van der Waals surface area contributed by atoms with Crippen LogP contribution in [0.15, 0.2) is 74.5 Å². The number of rotatable bonds is 9. The Kier molecular flexibility index (Phi) is 7.79. The van der Waals surface area contributed by atoms with Gasteiger partial charge in [-0.15, -0.1) is 10.2 Å². The predicted octanol–water partition coefficient (Wildman–Crippen LogP) is 4.47. The molecule has 0 amide bonds. The fourth-order valence-corrected chi connectivity index (χ4v) is 4.25. The van der Waals surface area contributed by atoms with Crippen molar-refractivity contribution in [1.82, 2.24) is 4.98 Å². The molecule has 0 aliphatic carbocycles. The van der Waals surface area contributed by atoms with Crippen LogP contribution in [0.2, 0.25) is 0 Å². The van der Waals surface area contributed by atoms with Crippen molar-refractivity contribution in [3.05, 3.63) is 76.1 Å². The summed E-state index contributed by atoms with van der Waals surface area (Å²) in [6.07, 6.45) is 0.591. The number of hydrogen-bond acceptors (Lipinski definition) is 8. The number of benzene rings is 2. The first-order valence-corrected chi connectivity index (χ1v) is 11.8. The third-order valence-corrected chi connectivity index (χ3v) is 6.11. The number of anilines is 1. The molecular weight excluding hydrogens is 460 g/mol. The molecule has 34 heavy (non-hydrogen) atoms. The molecule has 11 heteroatoms. The van der Waals surface area contributed by atoms with Crippen molar-refractivity contribution in [3.8, 4) is 5.88 Å². The normalized spacial score (nSPS) is 11.4. The van der Waals surface area contributed by atoms with E-state index < -0.39 is 21.6 Å². The Labute approximate surface area is 196 Å². The lowest BCUT2D eigenvalue weighted by atomic mass is 10.1. The first kappa shape index (κ1) is 24.6. The molecule has 3 aromatic rings. The number of azo groups is 1. The Morgan fingerprint density at radius 1 is 1.06 bits per heavy atom. The molecule has 1 heterocycles. The average Bonchev–Trinajstić information content (AvgIpc) is 2.82. The summed E-state index contributed by atoms with van der Waals surface area (Å²) in [5, 5.41) is 8.22. The predicted molar refractivity (Wildman–Crippen MR) is 127 cm³/mol. The summed E-state index contributed by atoms with van der Waals surface area (Å²) in [5.41, 5.74) is -0.224. The minimum Gasteiger partial charge on any atom is -0.481 e. The number of esters is 1. The van der Waals surface area contributed by atoms with E-state index in [1.807, 2.05) is 6.92 Å². The van der Waals surface area contributed by atoms with Crippen LogP contribution in [0.25, 0.3) is 0 Å². The molecule has 0 unspecified atom stereocenters. The lowest BCUT2D eigenvalue weighted by Gasteiger charge is -2.11. The second kappa shape index (κ2) is 10.8. The van der Waals surface area contributed by atoms with Crippen LogP contribution < -0.4 is 15.0 Å². The van der Waals surface area contributed by atoms with Gasteiger partial charge in [0.25, 0.3) is 15.6 Å². The van der Waals surface area contributed by atoms with E-state index in [0.29, 0.717) is 12.1 Å². The first-order valence-electron chi connectivity index (χ1n) is 10.3. The number of methoxy groups -OCH3 is 1. The van der Waals surface area contributed by atoms with Crippen LogP contribution in [-0.4, -0.2) is 33.1 Å². The number of hydrogen-bond donors (Lipinski definition) is 2. The molecule has 0 fully saturated rings. The van der Waals surface area contributed by atoms with Gasteiger partial charge >= 0.3 is 5.97 Å². The highest BCUT2D eigenvalue weighted by Crippen LogP contribution is 2.33. The van der Waals surface area contributed by atoms with E-state index in [2.05, 4.69) is 19.9 Å². The molecule has 0 aliphatic heterocycles. The number of sulfonamides is 1. The van der Waals surface area contributed by atoms with E-state index in [0.717, 1.165) is 0 Å². The number of aromatic amines is 1. The molecule has 0 radical (unpaired) electrons. The molecule has 178 valence electrons. The van der Waals surface area contributed by atoms with Crippen LogP contribution in [0, 0.1) is 6.92 Å². The first-order chi connectivity index (χ1) is 16.3. The molecule has 1 aromatic heterocycles. The molecule has 2 N–H and O–H groups in total. The van der Waals surface area contributed by atoms with Crippen molar-refractivity contribution < 1.29 is 22.7 Å². The highest BCUT2D eigenvalue weighted by Gasteiger charge is 2.23. The molecule has 2 aromatic carbocycles. The maximum absolute atomic E-state index is 13.0. The van der Waals surface area contributed by atoms with Crippen LogP contribution in [0.1, 0.15) is 29.3 Å². The molecule has 10 nitrogen and oxygen atoms in total. The quantitative estimate of drug-likeness (QED) is 0.339. The monoisotopic (exact) mass is 484 g/mol. The molecule has 0 atom stereocenters. The van der Waals surface area contributed by atoms with Crippen molar-refractivity contribution in [2.75, 3.05) is 18.4 Å². The van der Waals surface area contributed by atoms with E-state index in [1.165, 1.54) is 26.2 Å². The van der Waals surface area contributed by atoms with E-state index in [9.17, 15) is 18.0 Å². The highest BCUT2D eigenvalue weighted by atomic mass is 32.2. The molecule has 0 saturated carbocycles. The van der Waals surface area contributed by atoms with E-state index in [1.54, 1.807) is 42.5 Å². The van der Waals surface area contributed by atoms with Gasteiger partial charge in [-0.1, -0.05) is 37.3 Å². The SMILES string of the molecule is CCCOC(=O)c1c(C)c(N=Nc2ccccc2S(=O)(=O)Nc2ccccc2)c(OC)[nH]c1=O. The number of carbonyl (C=O) groups is 1. The van der Waals surface area contributed by atoms with Gasteiger partial charge in [0, 0.05) is 11.3 Å². The molecular formula is C23H24N4O6S. The summed E-state index contributed by atoms with van der Waals surface area (Å²) in [6.45, 7) is 3.49. The van der Waals surface area contributed by atoms with Crippen molar-refractivity contribution in [2.24, 2.45) is 10.2 Å². The average molecular weight is 485 g/mol. The van der Waals surface area contributed by atoms with Gasteiger partial charge in [-0.25, -0.2) is 13.2 Å². The minimum absolute atomic E-state index is 0.0268. The maximum atomic E-state index is 13.0. The summed E-state index contributed by atoms with van der Waals surface area (Å²) in [7, 11) is -2.66. The van der Waals surface area contributed by atoms with E-state index >= 15 is 0 Å². The Hall–Kier alpha value is -3.99. The summed E-state index contributed by atoms with van der Waals surface area (Å²) in [5.74, 6) is -0.823. The summed E-state index contributed by atoms with van der Waals surface area (Å²) in [4.78, 5) is 27.1. The van der Waals surface area contributed by atoms with Gasteiger partial charge in [-0.2, -0.15) is 0 Å². The Balaban J connectivity index is 2.04. The van der Waals surface area contributed by atoms with Gasteiger partial charge in [-0.05, 0) is 37.6 Å². The minimum atomic E-state index is -3.98. The smallest absolute Gasteiger partial charge is 0.344 e. The molecule has 0 bridgehead atoms. The highest BCUT2D eigenvalue weighted by molar-refractivity contribution is 7.92. The van der Waals surface area contributed by atoms with Crippen molar-refractivity contribution >= 4 is 33.1 Å². The van der Waals surface area contributed by atoms with Gasteiger partial charge in [0.15, 0.2) is 0 Å². The van der Waals surface area contributed by atoms with Crippen LogP contribution in [0.3, 0.4) is 0 Å². The molecule has 0 spiro atoms. The Morgan fingerprint density at radius 3 is 2.41 bits per heavy atom. The topological polar surface area (TPSA) is 139 Å². The number of nitrogens with zero attached hydrogens (tertiary/aromatic N) is 2. The largest absolute Gasteiger partial charge is 0.481 e. The maximum Gasteiger partial charge on any atom is 0.344 e. The number of H-pyrrole nitrogens is 1. The van der Waals surface area contributed by atoms with Crippen molar-refractivity contribution in [2.45, 2.75) is 25.2 Å². The second-order valence-corrected chi connectivity index (χ2v) is 8.76. The molecule has 3 rings (SSSR count). The van der Waals surface area contributed by atoms with Crippen LogP contribution in [0.5, 0.6) is 5.88 Å². The fourth-order valence-electron chi connectivity index (χ4n) is 3.05. The molecule has 0 aliphatic rings.